The van der Waals surface area contributed by atoms with Crippen LogP contribution in [-0.2, 0) is 0 Å². The molecule has 0 saturated carbocycles. The molecule has 0 aliphatic heterocycles. The van der Waals surface area contributed by atoms with Crippen molar-refractivity contribution in [1.82, 2.24) is 0 Å². The van der Waals surface area contributed by atoms with E-state index in [1.807, 2.05) is 78.9 Å². The molecule has 0 fully saturated rings. The predicted octanol–water partition coefficient (Wildman–Crippen LogP) is 4.71. The predicted molar refractivity (Wildman–Crippen MR) is 82.8 cm³/mol. The van der Waals surface area contributed by atoms with Crippen LogP contribution in [0.25, 0.3) is 0 Å². The van der Waals surface area contributed by atoms with Gasteiger partial charge in [-0.05, 0) is 24.3 Å². The maximum absolute atomic E-state index is 12.6. The Kier molecular flexibility index (Phi) is 3.79. The van der Waals surface area contributed by atoms with Crippen molar-refractivity contribution >= 4 is 5.78 Å². The van der Waals surface area contributed by atoms with Gasteiger partial charge in [0.15, 0.2) is 5.78 Å². The van der Waals surface area contributed by atoms with Gasteiger partial charge in [0.05, 0.1) is 5.56 Å². The van der Waals surface area contributed by atoms with Crippen LogP contribution < -0.4 is 4.74 Å². The van der Waals surface area contributed by atoms with Crippen molar-refractivity contribution in [1.29, 1.82) is 0 Å². The maximum Gasteiger partial charge on any atom is 0.196 e. The van der Waals surface area contributed by atoms with Crippen molar-refractivity contribution in [3.63, 3.8) is 0 Å². The number of carbonyl (C=O) groups is 1. The third-order valence-electron chi connectivity index (χ3n) is 3.14. The third-order valence-corrected chi connectivity index (χ3v) is 3.14. The molecule has 3 rings (SSSR count). The Hall–Kier alpha value is -2.87. The van der Waals surface area contributed by atoms with Gasteiger partial charge in [-0.15, -0.1) is 0 Å². The van der Waals surface area contributed by atoms with E-state index in [2.05, 4.69) is 0 Å². The van der Waals surface area contributed by atoms with E-state index in [1.165, 1.54) is 0 Å². The van der Waals surface area contributed by atoms with Crippen molar-refractivity contribution in [3.05, 3.63) is 96.1 Å². The zero-order valence-corrected chi connectivity index (χ0v) is 11.4. The summed E-state index contributed by atoms with van der Waals surface area (Å²) < 4.78 is 5.83. The minimum atomic E-state index is -0.0397. The molecular weight excluding hydrogens is 260 g/mol. The number of ketones is 1. The molecule has 0 spiro atoms. The van der Waals surface area contributed by atoms with E-state index < -0.39 is 0 Å². The molecule has 2 heteroatoms. The Morgan fingerprint density at radius 1 is 0.667 bits per heavy atom. The first-order valence-corrected chi connectivity index (χ1v) is 6.76. The lowest BCUT2D eigenvalue weighted by Gasteiger charge is -2.10. The molecule has 102 valence electrons. The van der Waals surface area contributed by atoms with E-state index in [0.717, 1.165) is 0 Å². The molecule has 0 amide bonds. The van der Waals surface area contributed by atoms with Crippen LogP contribution >= 0.6 is 0 Å². The summed E-state index contributed by atoms with van der Waals surface area (Å²) in [5, 5.41) is 0. The first kappa shape index (κ1) is 13.1. The smallest absolute Gasteiger partial charge is 0.196 e. The van der Waals surface area contributed by atoms with Crippen LogP contribution in [-0.4, -0.2) is 5.78 Å². The van der Waals surface area contributed by atoms with Crippen molar-refractivity contribution in [2.24, 2.45) is 0 Å². The number of benzene rings is 3. The molecule has 0 aliphatic carbocycles. The number of para-hydroxylation sites is 2. The van der Waals surface area contributed by atoms with Gasteiger partial charge in [0.2, 0.25) is 0 Å². The average molecular weight is 274 g/mol. The monoisotopic (exact) mass is 274 g/mol. The fourth-order valence-corrected chi connectivity index (χ4v) is 2.10. The van der Waals surface area contributed by atoms with Crippen LogP contribution in [0.4, 0.5) is 0 Å². The van der Waals surface area contributed by atoms with Crippen LogP contribution in [0.15, 0.2) is 84.9 Å². The Morgan fingerprint density at radius 2 is 1.24 bits per heavy atom. The molecule has 0 unspecified atom stereocenters. The van der Waals surface area contributed by atoms with E-state index in [4.69, 9.17) is 4.74 Å². The molecule has 3 aromatic rings. The normalized spacial score (nSPS) is 10.1. The van der Waals surface area contributed by atoms with Crippen LogP contribution in [0.5, 0.6) is 11.5 Å². The van der Waals surface area contributed by atoms with Crippen LogP contribution in [0.3, 0.4) is 0 Å². The van der Waals surface area contributed by atoms with Gasteiger partial charge in [-0.2, -0.15) is 0 Å². The number of hydrogen-bond donors (Lipinski definition) is 0. The number of ether oxygens (including phenoxy) is 1. The highest BCUT2D eigenvalue weighted by Crippen LogP contribution is 2.26. The van der Waals surface area contributed by atoms with Gasteiger partial charge in [-0.25, -0.2) is 0 Å². The second-order valence-electron chi connectivity index (χ2n) is 4.61. The summed E-state index contributed by atoms with van der Waals surface area (Å²) in [4.78, 5) is 12.6. The Bertz CT molecular complexity index is 734. The van der Waals surface area contributed by atoms with Gasteiger partial charge in [-0.3, -0.25) is 4.79 Å². The van der Waals surface area contributed by atoms with Crippen molar-refractivity contribution in [2.75, 3.05) is 0 Å². The van der Waals surface area contributed by atoms with Crippen molar-refractivity contribution in [2.45, 2.75) is 0 Å². The summed E-state index contributed by atoms with van der Waals surface area (Å²) >= 11 is 0. The second kappa shape index (κ2) is 6.06. The first-order chi connectivity index (χ1) is 10.3. The lowest BCUT2D eigenvalue weighted by atomic mass is 10.0. The minimum Gasteiger partial charge on any atom is -0.457 e. The molecule has 0 saturated heterocycles. The summed E-state index contributed by atoms with van der Waals surface area (Å²) in [6, 6.07) is 26.0. The number of carbonyl (C=O) groups excluding carboxylic acids is 1. The lowest BCUT2D eigenvalue weighted by Crippen LogP contribution is -2.03. The van der Waals surface area contributed by atoms with E-state index in [9.17, 15) is 4.79 Å². The SMILES string of the molecule is O=C(c1ccccc1)c1ccccc1Oc1ccccc1. The molecule has 0 atom stereocenters. The highest BCUT2D eigenvalue weighted by Gasteiger charge is 2.14. The molecular formula is C19H14O2. The minimum absolute atomic E-state index is 0.0397. The first-order valence-electron chi connectivity index (χ1n) is 6.76. The molecule has 0 N–H and O–H groups in total. The van der Waals surface area contributed by atoms with Crippen molar-refractivity contribution < 1.29 is 9.53 Å². The van der Waals surface area contributed by atoms with Crippen LogP contribution in [0, 0.1) is 0 Å². The van der Waals surface area contributed by atoms with E-state index in [1.54, 1.807) is 6.07 Å². The molecule has 0 aliphatic rings. The fraction of sp³-hybridized carbons (Fsp3) is 0. The van der Waals surface area contributed by atoms with Crippen LogP contribution in [0.1, 0.15) is 15.9 Å². The maximum atomic E-state index is 12.6. The summed E-state index contributed by atoms with van der Waals surface area (Å²) in [6.45, 7) is 0. The molecule has 0 bridgehead atoms. The second-order valence-corrected chi connectivity index (χ2v) is 4.61. The summed E-state index contributed by atoms with van der Waals surface area (Å²) in [5.74, 6) is 1.24. The van der Waals surface area contributed by atoms with E-state index in [-0.39, 0.29) is 5.78 Å². The zero-order valence-electron chi connectivity index (χ0n) is 11.4. The standard InChI is InChI=1S/C19H14O2/c20-19(15-9-3-1-4-10-15)17-13-7-8-14-18(17)21-16-11-5-2-6-12-16/h1-14H. The Morgan fingerprint density at radius 3 is 1.95 bits per heavy atom. The zero-order chi connectivity index (χ0) is 14.5. The summed E-state index contributed by atoms with van der Waals surface area (Å²) in [6.07, 6.45) is 0. The van der Waals surface area contributed by atoms with E-state index in [0.29, 0.717) is 22.6 Å². The fourth-order valence-electron chi connectivity index (χ4n) is 2.10. The molecule has 2 nitrogen and oxygen atoms in total. The van der Waals surface area contributed by atoms with Crippen LogP contribution in [0.2, 0.25) is 0 Å². The molecule has 0 heterocycles. The van der Waals surface area contributed by atoms with Gasteiger partial charge in [0.25, 0.3) is 0 Å². The quantitative estimate of drug-likeness (QED) is 0.644. The summed E-state index contributed by atoms with van der Waals surface area (Å²) in [5.41, 5.74) is 1.22. The Balaban J connectivity index is 1.95. The molecule has 0 aromatic heterocycles. The highest BCUT2D eigenvalue weighted by atomic mass is 16.5. The third kappa shape index (κ3) is 3.00. The Labute approximate surface area is 123 Å². The topological polar surface area (TPSA) is 26.3 Å². The summed E-state index contributed by atoms with van der Waals surface area (Å²) in [7, 11) is 0. The van der Waals surface area contributed by atoms with Gasteiger partial charge in [0.1, 0.15) is 11.5 Å². The van der Waals surface area contributed by atoms with Gasteiger partial charge in [0, 0.05) is 5.56 Å². The average Bonchev–Trinajstić information content (AvgIpc) is 2.56. The molecule has 21 heavy (non-hydrogen) atoms. The molecule has 3 aromatic carbocycles. The highest BCUT2D eigenvalue weighted by molar-refractivity contribution is 6.10. The van der Waals surface area contributed by atoms with Gasteiger partial charge < -0.3 is 4.74 Å². The largest absolute Gasteiger partial charge is 0.457 e. The van der Waals surface area contributed by atoms with Crippen molar-refractivity contribution in [3.8, 4) is 11.5 Å². The lowest BCUT2D eigenvalue weighted by molar-refractivity contribution is 0.103. The number of hydrogen-bond acceptors (Lipinski definition) is 2. The van der Waals surface area contributed by atoms with E-state index >= 15 is 0 Å². The van der Waals surface area contributed by atoms with Gasteiger partial charge in [-0.1, -0.05) is 60.7 Å². The molecule has 0 radical (unpaired) electrons. The van der Waals surface area contributed by atoms with Gasteiger partial charge >= 0.3 is 0 Å². The number of rotatable bonds is 4.